The van der Waals surface area contributed by atoms with E-state index in [0.717, 1.165) is 5.82 Å². The summed E-state index contributed by atoms with van der Waals surface area (Å²) in [5.74, 6) is 1.16. The van der Waals surface area contributed by atoms with Crippen LogP contribution in [0.5, 0.6) is 0 Å². The Morgan fingerprint density at radius 2 is 1.88 bits per heavy atom. The van der Waals surface area contributed by atoms with Gasteiger partial charge in [-0.3, -0.25) is 0 Å². The molecule has 1 aromatic heterocycles. The molecular weight excluding hydrogens is 242 g/mol. The number of hydrogen-bond acceptors (Lipinski definition) is 6. The molecule has 1 saturated heterocycles. The fraction of sp³-hybridized carbons (Fsp3) is 0.556. The third-order valence-corrected chi connectivity index (χ3v) is 4.01. The minimum Gasteiger partial charge on any atom is -0.384 e. The molecule has 0 unspecified atom stereocenters. The van der Waals surface area contributed by atoms with E-state index >= 15 is 0 Å². The summed E-state index contributed by atoms with van der Waals surface area (Å²) in [6, 6.07) is 1.69. The maximum Gasteiger partial charge on any atom is 0.211 e. The number of sulfonamides is 1. The van der Waals surface area contributed by atoms with Gasteiger partial charge in [-0.15, -0.1) is 0 Å². The van der Waals surface area contributed by atoms with Crippen molar-refractivity contribution in [3.63, 3.8) is 0 Å². The average Bonchev–Trinajstić information content (AvgIpc) is 2.28. The van der Waals surface area contributed by atoms with Crippen LogP contribution in [-0.2, 0) is 10.0 Å². The molecule has 0 amide bonds. The van der Waals surface area contributed by atoms with Crippen molar-refractivity contribution in [2.75, 3.05) is 43.1 Å². The summed E-state index contributed by atoms with van der Waals surface area (Å²) >= 11 is 0. The molecule has 0 aromatic carbocycles. The minimum atomic E-state index is -3.09. The van der Waals surface area contributed by atoms with Gasteiger partial charge in [-0.2, -0.15) is 4.31 Å². The van der Waals surface area contributed by atoms with Crippen LogP contribution in [0.3, 0.4) is 0 Å². The molecule has 2 heterocycles. The summed E-state index contributed by atoms with van der Waals surface area (Å²) in [5, 5.41) is 0. The van der Waals surface area contributed by atoms with E-state index in [2.05, 4.69) is 9.97 Å². The molecule has 0 radical (unpaired) electrons. The number of nitrogen functional groups attached to an aromatic ring is 1. The molecule has 1 fully saturated rings. The van der Waals surface area contributed by atoms with E-state index in [4.69, 9.17) is 5.73 Å². The predicted octanol–water partition coefficient (Wildman–Crippen LogP) is -0.860. The van der Waals surface area contributed by atoms with E-state index in [1.807, 2.05) is 4.90 Å². The van der Waals surface area contributed by atoms with E-state index in [-0.39, 0.29) is 0 Å². The Hall–Kier alpha value is -1.41. The van der Waals surface area contributed by atoms with E-state index in [0.29, 0.717) is 32.0 Å². The third kappa shape index (κ3) is 2.83. The van der Waals surface area contributed by atoms with E-state index in [1.165, 1.54) is 16.9 Å². The van der Waals surface area contributed by atoms with Crippen LogP contribution in [0.4, 0.5) is 11.6 Å². The number of nitrogens with two attached hydrogens (primary N) is 1. The van der Waals surface area contributed by atoms with Gasteiger partial charge in [-0.05, 0) is 0 Å². The third-order valence-electron chi connectivity index (χ3n) is 2.71. The van der Waals surface area contributed by atoms with Gasteiger partial charge in [-0.25, -0.2) is 18.4 Å². The zero-order valence-corrected chi connectivity index (χ0v) is 10.4. The standard InChI is InChI=1S/C9H15N5O2S/c1-17(15,16)14-4-2-13(3-5-14)9-6-8(10)11-7-12-9/h6-7H,2-5H2,1H3,(H2,10,11,12). The van der Waals surface area contributed by atoms with Crippen molar-refractivity contribution in [2.24, 2.45) is 0 Å². The normalized spacial score (nSPS) is 18.3. The number of anilines is 2. The van der Waals surface area contributed by atoms with Crippen LogP contribution in [-0.4, -0.2) is 55.1 Å². The summed E-state index contributed by atoms with van der Waals surface area (Å²) in [6.07, 6.45) is 2.64. The van der Waals surface area contributed by atoms with Crippen LogP contribution in [0.2, 0.25) is 0 Å². The molecule has 1 aromatic rings. The van der Waals surface area contributed by atoms with Crippen LogP contribution in [0.1, 0.15) is 0 Å². The first-order chi connectivity index (χ1) is 7.97. The van der Waals surface area contributed by atoms with Crippen molar-refractivity contribution in [1.82, 2.24) is 14.3 Å². The maximum atomic E-state index is 11.3. The van der Waals surface area contributed by atoms with Crippen LogP contribution >= 0.6 is 0 Å². The lowest BCUT2D eigenvalue weighted by Crippen LogP contribution is -2.48. The molecule has 94 valence electrons. The highest BCUT2D eigenvalue weighted by Crippen LogP contribution is 2.15. The van der Waals surface area contributed by atoms with Gasteiger partial charge in [0.2, 0.25) is 10.0 Å². The van der Waals surface area contributed by atoms with Crippen molar-refractivity contribution < 1.29 is 8.42 Å². The first kappa shape index (κ1) is 12.1. The highest BCUT2D eigenvalue weighted by molar-refractivity contribution is 7.88. The molecule has 2 N–H and O–H groups in total. The summed E-state index contributed by atoms with van der Waals surface area (Å²) in [4.78, 5) is 9.94. The summed E-state index contributed by atoms with van der Waals surface area (Å²) in [6.45, 7) is 2.18. The van der Waals surface area contributed by atoms with Crippen molar-refractivity contribution in [3.05, 3.63) is 12.4 Å². The quantitative estimate of drug-likeness (QED) is 0.741. The summed E-state index contributed by atoms with van der Waals surface area (Å²) in [5.41, 5.74) is 5.58. The second kappa shape index (κ2) is 4.46. The largest absolute Gasteiger partial charge is 0.384 e. The Kier molecular flexibility index (Phi) is 3.16. The zero-order valence-electron chi connectivity index (χ0n) is 9.57. The van der Waals surface area contributed by atoms with Gasteiger partial charge in [0.15, 0.2) is 0 Å². The predicted molar refractivity (Wildman–Crippen MR) is 65.1 cm³/mol. The van der Waals surface area contributed by atoms with Gasteiger partial charge >= 0.3 is 0 Å². The Morgan fingerprint density at radius 3 is 2.41 bits per heavy atom. The van der Waals surface area contributed by atoms with Gasteiger partial charge in [0.25, 0.3) is 0 Å². The van der Waals surface area contributed by atoms with Gasteiger partial charge in [-0.1, -0.05) is 0 Å². The highest BCUT2D eigenvalue weighted by atomic mass is 32.2. The molecule has 8 heteroatoms. The number of hydrogen-bond donors (Lipinski definition) is 1. The highest BCUT2D eigenvalue weighted by Gasteiger charge is 2.23. The Balaban J connectivity index is 2.05. The molecular formula is C9H15N5O2S. The molecule has 1 aliphatic heterocycles. The Morgan fingerprint density at radius 1 is 1.24 bits per heavy atom. The van der Waals surface area contributed by atoms with Crippen molar-refractivity contribution in [2.45, 2.75) is 0 Å². The van der Waals surface area contributed by atoms with Gasteiger partial charge in [0.1, 0.15) is 18.0 Å². The average molecular weight is 257 g/mol. The number of nitrogens with zero attached hydrogens (tertiary/aromatic N) is 4. The number of rotatable bonds is 2. The van der Waals surface area contributed by atoms with Crippen LogP contribution < -0.4 is 10.6 Å². The smallest absolute Gasteiger partial charge is 0.211 e. The lowest BCUT2D eigenvalue weighted by atomic mass is 10.3. The van der Waals surface area contributed by atoms with Crippen LogP contribution in [0, 0.1) is 0 Å². The number of aromatic nitrogens is 2. The first-order valence-corrected chi connectivity index (χ1v) is 7.09. The topological polar surface area (TPSA) is 92.4 Å². The number of piperazine rings is 1. The van der Waals surface area contributed by atoms with Gasteiger partial charge < -0.3 is 10.6 Å². The molecule has 1 aliphatic rings. The van der Waals surface area contributed by atoms with Crippen LogP contribution in [0.15, 0.2) is 12.4 Å². The Labute approximate surface area is 100 Å². The molecule has 17 heavy (non-hydrogen) atoms. The van der Waals surface area contributed by atoms with Gasteiger partial charge in [0, 0.05) is 32.2 Å². The lowest BCUT2D eigenvalue weighted by Gasteiger charge is -2.33. The fourth-order valence-corrected chi connectivity index (χ4v) is 2.61. The first-order valence-electron chi connectivity index (χ1n) is 5.24. The Bertz CT molecular complexity index is 496. The van der Waals surface area contributed by atoms with E-state index in [1.54, 1.807) is 6.07 Å². The molecule has 0 atom stereocenters. The molecule has 2 rings (SSSR count). The van der Waals surface area contributed by atoms with Crippen LogP contribution in [0.25, 0.3) is 0 Å². The van der Waals surface area contributed by atoms with Crippen molar-refractivity contribution in [3.8, 4) is 0 Å². The minimum absolute atomic E-state index is 0.417. The summed E-state index contributed by atoms with van der Waals surface area (Å²) < 4.78 is 24.2. The summed E-state index contributed by atoms with van der Waals surface area (Å²) in [7, 11) is -3.09. The molecule has 0 spiro atoms. The molecule has 0 aliphatic carbocycles. The molecule has 0 bridgehead atoms. The zero-order chi connectivity index (χ0) is 12.5. The van der Waals surface area contributed by atoms with E-state index < -0.39 is 10.0 Å². The van der Waals surface area contributed by atoms with E-state index in [9.17, 15) is 8.42 Å². The maximum absolute atomic E-state index is 11.3. The van der Waals surface area contributed by atoms with Crippen molar-refractivity contribution in [1.29, 1.82) is 0 Å². The SMILES string of the molecule is CS(=O)(=O)N1CCN(c2cc(N)ncn2)CC1. The second-order valence-electron chi connectivity index (χ2n) is 3.95. The fourth-order valence-electron chi connectivity index (χ4n) is 1.78. The van der Waals surface area contributed by atoms with Gasteiger partial charge in [0.05, 0.1) is 6.26 Å². The van der Waals surface area contributed by atoms with Crippen molar-refractivity contribution >= 4 is 21.7 Å². The second-order valence-corrected chi connectivity index (χ2v) is 5.93. The molecule has 7 nitrogen and oxygen atoms in total. The monoisotopic (exact) mass is 257 g/mol. The lowest BCUT2D eigenvalue weighted by molar-refractivity contribution is 0.387. The molecule has 0 saturated carbocycles.